The van der Waals surface area contributed by atoms with E-state index in [1.165, 1.54) is 0 Å². The SMILES string of the molecule is CC1C(C)C(C)C(C)C1C.[CH3-].[Cl][Ti][Cl]. The van der Waals surface area contributed by atoms with E-state index < -0.39 is 17.0 Å². The second-order valence-electron chi connectivity index (χ2n) is 4.37. The molecule has 1 saturated carbocycles. The zero-order valence-electron chi connectivity index (χ0n) is 10.1. The molecule has 0 aromatic rings. The second-order valence-corrected chi connectivity index (χ2v) is 6.95. The van der Waals surface area contributed by atoms with Crippen LogP contribution in [0.3, 0.4) is 0 Å². The molecule has 0 saturated heterocycles. The van der Waals surface area contributed by atoms with Crippen LogP contribution in [0.2, 0.25) is 0 Å². The predicted octanol–water partition coefficient (Wildman–Crippen LogP) is 5.01. The van der Waals surface area contributed by atoms with Crippen molar-refractivity contribution in [3.63, 3.8) is 0 Å². The van der Waals surface area contributed by atoms with Gasteiger partial charge < -0.3 is 7.43 Å². The van der Waals surface area contributed by atoms with Gasteiger partial charge in [-0.3, -0.25) is 0 Å². The van der Waals surface area contributed by atoms with Crippen molar-refractivity contribution < 1.29 is 17.0 Å². The molecule has 0 atom stereocenters. The average Bonchev–Trinajstić information content (AvgIpc) is 2.25. The second kappa shape index (κ2) is 8.45. The molecule has 0 radical (unpaired) electrons. The van der Waals surface area contributed by atoms with Crippen LogP contribution in [-0.4, -0.2) is 0 Å². The maximum atomic E-state index is 4.89. The van der Waals surface area contributed by atoms with Crippen LogP contribution in [-0.2, 0) is 17.0 Å². The molecule has 3 heteroatoms. The van der Waals surface area contributed by atoms with Crippen LogP contribution in [0.4, 0.5) is 0 Å². The maximum absolute atomic E-state index is 4.89. The molecule has 0 amide bonds. The van der Waals surface area contributed by atoms with Gasteiger partial charge in [0.25, 0.3) is 0 Å². The molecule has 0 aromatic heterocycles. The van der Waals surface area contributed by atoms with E-state index in [4.69, 9.17) is 18.6 Å². The summed E-state index contributed by atoms with van der Waals surface area (Å²) in [5.41, 5.74) is 0. The van der Waals surface area contributed by atoms with Crippen molar-refractivity contribution in [3.8, 4) is 0 Å². The Labute approximate surface area is 107 Å². The summed E-state index contributed by atoms with van der Waals surface area (Å²) in [6, 6.07) is 0. The first-order valence-electron chi connectivity index (χ1n) is 4.93. The van der Waals surface area contributed by atoms with Gasteiger partial charge in [-0.15, -0.1) is 0 Å². The minimum atomic E-state index is -0.556. The Morgan fingerprint density at radius 1 is 0.643 bits per heavy atom. The average molecular weight is 274 g/mol. The van der Waals surface area contributed by atoms with Crippen molar-refractivity contribution in [2.75, 3.05) is 0 Å². The molecular formula is C11H23Cl2Ti-. The number of hydrogen-bond donors (Lipinski definition) is 0. The third kappa shape index (κ3) is 4.43. The van der Waals surface area contributed by atoms with Crippen LogP contribution in [0, 0.1) is 37.0 Å². The molecular weight excluding hydrogens is 251 g/mol. The van der Waals surface area contributed by atoms with Gasteiger partial charge in [0.15, 0.2) is 0 Å². The zero-order valence-corrected chi connectivity index (χ0v) is 13.2. The summed E-state index contributed by atoms with van der Waals surface area (Å²) >= 11 is -0.556. The zero-order chi connectivity index (χ0) is 10.6. The van der Waals surface area contributed by atoms with Crippen molar-refractivity contribution in [3.05, 3.63) is 7.43 Å². The van der Waals surface area contributed by atoms with Gasteiger partial charge in [-0.25, -0.2) is 0 Å². The van der Waals surface area contributed by atoms with E-state index in [2.05, 4.69) is 34.6 Å². The van der Waals surface area contributed by atoms with Gasteiger partial charge in [0.2, 0.25) is 0 Å². The molecule has 0 unspecified atom stereocenters. The number of rotatable bonds is 0. The third-order valence-electron chi connectivity index (χ3n) is 4.15. The molecule has 86 valence electrons. The first-order valence-corrected chi connectivity index (χ1v) is 9.23. The molecule has 0 nitrogen and oxygen atoms in total. The van der Waals surface area contributed by atoms with Gasteiger partial charge in [-0.1, -0.05) is 34.6 Å². The Kier molecular flexibility index (Phi) is 10.7. The number of hydrogen-bond acceptors (Lipinski definition) is 0. The van der Waals surface area contributed by atoms with E-state index in [9.17, 15) is 0 Å². The standard InChI is InChI=1S/C10H20.CH3.2ClH.Ti/c1-6-7(2)9(4)10(5)8(6)3;;;;/h6-10H,1-5H3;1H3;2*1H;/q;-1;;;+2/p-2. The molecule has 0 spiro atoms. The summed E-state index contributed by atoms with van der Waals surface area (Å²) in [6.07, 6.45) is 0. The molecule has 0 N–H and O–H groups in total. The van der Waals surface area contributed by atoms with E-state index in [0.29, 0.717) is 0 Å². The fraction of sp³-hybridized carbons (Fsp3) is 0.909. The predicted molar refractivity (Wildman–Crippen MR) is 63.9 cm³/mol. The van der Waals surface area contributed by atoms with E-state index in [1.807, 2.05) is 0 Å². The van der Waals surface area contributed by atoms with E-state index >= 15 is 0 Å². The molecule has 0 bridgehead atoms. The van der Waals surface area contributed by atoms with Crippen LogP contribution in [0.25, 0.3) is 0 Å². The fourth-order valence-corrected chi connectivity index (χ4v) is 2.39. The summed E-state index contributed by atoms with van der Waals surface area (Å²) in [6.45, 7) is 12.0. The van der Waals surface area contributed by atoms with Gasteiger partial charge >= 0.3 is 35.6 Å². The fourth-order valence-electron chi connectivity index (χ4n) is 2.39. The Morgan fingerprint density at radius 3 is 0.786 bits per heavy atom. The van der Waals surface area contributed by atoms with Crippen LogP contribution in [0.1, 0.15) is 34.6 Å². The molecule has 1 aliphatic rings. The topological polar surface area (TPSA) is 0 Å². The van der Waals surface area contributed by atoms with Crippen LogP contribution >= 0.6 is 18.6 Å². The van der Waals surface area contributed by atoms with Crippen molar-refractivity contribution >= 4 is 18.6 Å². The first-order chi connectivity index (χ1) is 5.97. The molecule has 1 rings (SSSR count). The van der Waals surface area contributed by atoms with Crippen molar-refractivity contribution in [2.45, 2.75) is 34.6 Å². The first kappa shape index (κ1) is 17.7. The van der Waals surface area contributed by atoms with E-state index in [1.54, 1.807) is 0 Å². The van der Waals surface area contributed by atoms with Crippen LogP contribution in [0.15, 0.2) is 0 Å². The Bertz CT molecular complexity index is 96.4. The molecule has 0 heterocycles. The summed E-state index contributed by atoms with van der Waals surface area (Å²) in [5.74, 6) is 4.68. The van der Waals surface area contributed by atoms with Gasteiger partial charge in [0.05, 0.1) is 0 Å². The molecule has 1 fully saturated rings. The Balaban J connectivity index is 0. The quantitative estimate of drug-likeness (QED) is 0.430. The van der Waals surface area contributed by atoms with Gasteiger partial charge in [0.1, 0.15) is 0 Å². The van der Waals surface area contributed by atoms with Crippen LogP contribution < -0.4 is 0 Å². The van der Waals surface area contributed by atoms with Crippen molar-refractivity contribution in [2.24, 2.45) is 29.6 Å². The monoisotopic (exact) mass is 273 g/mol. The molecule has 0 aromatic carbocycles. The van der Waals surface area contributed by atoms with E-state index in [0.717, 1.165) is 29.6 Å². The molecule has 14 heavy (non-hydrogen) atoms. The normalized spacial score (nSPS) is 40.6. The molecule has 0 aliphatic heterocycles. The third-order valence-corrected chi connectivity index (χ3v) is 4.15. The summed E-state index contributed by atoms with van der Waals surface area (Å²) < 4.78 is 0. The molecule has 1 aliphatic carbocycles. The Morgan fingerprint density at radius 2 is 0.714 bits per heavy atom. The van der Waals surface area contributed by atoms with Gasteiger partial charge in [-0.05, 0) is 29.6 Å². The van der Waals surface area contributed by atoms with Crippen molar-refractivity contribution in [1.29, 1.82) is 0 Å². The summed E-state index contributed by atoms with van der Waals surface area (Å²) in [4.78, 5) is 0. The van der Waals surface area contributed by atoms with Gasteiger partial charge in [-0.2, -0.15) is 0 Å². The minimum absolute atomic E-state index is 0. The summed E-state index contributed by atoms with van der Waals surface area (Å²) in [7, 11) is 9.78. The van der Waals surface area contributed by atoms with Crippen molar-refractivity contribution in [1.82, 2.24) is 0 Å². The number of halogens is 2. The van der Waals surface area contributed by atoms with Gasteiger partial charge in [0, 0.05) is 0 Å². The van der Waals surface area contributed by atoms with Crippen LogP contribution in [0.5, 0.6) is 0 Å². The van der Waals surface area contributed by atoms with E-state index in [-0.39, 0.29) is 7.43 Å². The summed E-state index contributed by atoms with van der Waals surface area (Å²) in [5, 5.41) is 0. The Hall–Kier alpha value is 1.29.